The van der Waals surface area contributed by atoms with Gasteiger partial charge < -0.3 is 9.84 Å². The van der Waals surface area contributed by atoms with Gasteiger partial charge in [0.05, 0.1) is 12.1 Å². The number of benzene rings is 1. The lowest BCUT2D eigenvalue weighted by molar-refractivity contribution is -0.159. The number of rotatable bonds is 4. The molecule has 0 aliphatic heterocycles. The Morgan fingerprint density at radius 3 is 2.27 bits per heavy atom. The number of carbonyl (C=O) groups excluding carboxylic acids is 1. The van der Waals surface area contributed by atoms with Gasteiger partial charge in [-0.1, -0.05) is 36.4 Å². The van der Waals surface area contributed by atoms with Crippen LogP contribution in [-0.4, -0.2) is 21.7 Å². The van der Waals surface area contributed by atoms with E-state index < -0.39 is 17.2 Å². The fraction of sp³-hybridized carbons (Fsp3) is 0.333. The molecular weight excluding hydrogens is 278 g/mol. The zero-order valence-corrected chi connectivity index (χ0v) is 13.1. The van der Waals surface area contributed by atoms with Crippen molar-refractivity contribution in [2.24, 2.45) is 0 Å². The van der Waals surface area contributed by atoms with E-state index in [9.17, 15) is 9.90 Å². The molecule has 0 aliphatic carbocycles. The number of aliphatic hydroxyl groups is 1. The Morgan fingerprint density at radius 2 is 1.73 bits per heavy atom. The molecular formula is C18H21NO3. The number of ether oxygens (including phenoxy) is 1. The minimum Gasteiger partial charge on any atom is -0.460 e. The molecule has 0 aliphatic rings. The number of aromatic nitrogens is 1. The summed E-state index contributed by atoms with van der Waals surface area (Å²) < 4.78 is 5.35. The summed E-state index contributed by atoms with van der Waals surface area (Å²) in [5.74, 6) is -0.468. The zero-order chi connectivity index (χ0) is 16.2. The van der Waals surface area contributed by atoms with E-state index in [-0.39, 0.29) is 6.42 Å². The van der Waals surface area contributed by atoms with Crippen LogP contribution in [0.15, 0.2) is 54.7 Å². The number of hydrogen-bond acceptors (Lipinski definition) is 4. The van der Waals surface area contributed by atoms with Crippen molar-refractivity contribution in [1.82, 2.24) is 4.98 Å². The molecule has 116 valence electrons. The largest absolute Gasteiger partial charge is 0.460 e. The Kier molecular flexibility index (Phi) is 4.62. The molecule has 1 N–H and O–H groups in total. The summed E-state index contributed by atoms with van der Waals surface area (Å²) in [5, 5.41) is 11.2. The molecule has 1 aromatic carbocycles. The maximum Gasteiger partial charge on any atom is 0.310 e. The number of esters is 1. The van der Waals surface area contributed by atoms with Gasteiger partial charge in [0.1, 0.15) is 11.2 Å². The first-order valence-corrected chi connectivity index (χ1v) is 7.22. The fourth-order valence-corrected chi connectivity index (χ4v) is 2.25. The van der Waals surface area contributed by atoms with E-state index in [1.807, 2.05) is 18.2 Å². The summed E-state index contributed by atoms with van der Waals surface area (Å²) in [7, 11) is 0. The number of carbonyl (C=O) groups is 1. The molecule has 2 aromatic rings. The summed E-state index contributed by atoms with van der Waals surface area (Å²) in [6.07, 6.45) is 1.41. The molecule has 22 heavy (non-hydrogen) atoms. The lowest BCUT2D eigenvalue weighted by atomic mass is 9.86. The second kappa shape index (κ2) is 6.28. The van der Waals surface area contributed by atoms with Gasteiger partial charge in [-0.15, -0.1) is 0 Å². The lowest BCUT2D eigenvalue weighted by Gasteiger charge is -2.29. The molecule has 0 amide bonds. The van der Waals surface area contributed by atoms with Gasteiger partial charge in [-0.25, -0.2) is 0 Å². The fourth-order valence-electron chi connectivity index (χ4n) is 2.25. The second-order valence-corrected chi connectivity index (χ2v) is 6.20. The predicted molar refractivity (Wildman–Crippen MR) is 84.1 cm³/mol. The Balaban J connectivity index is 2.37. The Hall–Kier alpha value is -2.20. The molecule has 1 aromatic heterocycles. The smallest absolute Gasteiger partial charge is 0.310 e. The third-order valence-corrected chi connectivity index (χ3v) is 3.16. The molecule has 4 nitrogen and oxygen atoms in total. The highest BCUT2D eigenvalue weighted by Gasteiger charge is 2.37. The van der Waals surface area contributed by atoms with Gasteiger partial charge in [-0.3, -0.25) is 9.78 Å². The molecule has 0 fully saturated rings. The average Bonchev–Trinajstić information content (AvgIpc) is 2.47. The summed E-state index contributed by atoms with van der Waals surface area (Å²) in [5.41, 5.74) is -1.07. The van der Waals surface area contributed by atoms with Crippen molar-refractivity contribution in [3.63, 3.8) is 0 Å². The van der Waals surface area contributed by atoms with Crippen LogP contribution in [0.1, 0.15) is 38.4 Å². The van der Waals surface area contributed by atoms with Crippen molar-refractivity contribution < 1.29 is 14.6 Å². The SMILES string of the molecule is CC(C)(C)OC(=O)C[C@](O)(c1ccccc1)c1ccccn1. The summed E-state index contributed by atoms with van der Waals surface area (Å²) >= 11 is 0. The maximum absolute atomic E-state index is 12.2. The van der Waals surface area contributed by atoms with Crippen LogP contribution < -0.4 is 0 Å². The highest BCUT2D eigenvalue weighted by Crippen LogP contribution is 2.32. The molecule has 0 radical (unpaired) electrons. The first kappa shape index (κ1) is 16.2. The van der Waals surface area contributed by atoms with E-state index in [0.29, 0.717) is 11.3 Å². The van der Waals surface area contributed by atoms with Crippen molar-refractivity contribution in [2.45, 2.75) is 38.4 Å². The molecule has 0 unspecified atom stereocenters. The van der Waals surface area contributed by atoms with Gasteiger partial charge >= 0.3 is 5.97 Å². The quantitative estimate of drug-likeness (QED) is 0.882. The minimum atomic E-state index is -1.51. The standard InChI is InChI=1S/C18H21NO3/c1-17(2,3)22-16(20)13-18(21,14-9-5-4-6-10-14)15-11-7-8-12-19-15/h4-12,21H,13H2,1-3H3/t18-/m0/s1. The second-order valence-electron chi connectivity index (χ2n) is 6.20. The summed E-state index contributed by atoms with van der Waals surface area (Å²) in [6, 6.07) is 14.3. The van der Waals surface area contributed by atoms with Crippen LogP contribution in [-0.2, 0) is 15.1 Å². The van der Waals surface area contributed by atoms with Gasteiger partial charge in [-0.05, 0) is 38.5 Å². The van der Waals surface area contributed by atoms with E-state index in [0.717, 1.165) is 0 Å². The highest BCUT2D eigenvalue weighted by atomic mass is 16.6. The van der Waals surface area contributed by atoms with E-state index >= 15 is 0 Å². The van der Waals surface area contributed by atoms with Crippen molar-refractivity contribution in [3.05, 3.63) is 66.0 Å². The normalized spacial score (nSPS) is 14.2. The summed E-state index contributed by atoms with van der Waals surface area (Å²) in [4.78, 5) is 16.4. The van der Waals surface area contributed by atoms with Crippen LogP contribution in [0.4, 0.5) is 0 Å². The van der Waals surface area contributed by atoms with E-state index in [1.54, 1.807) is 57.3 Å². The summed E-state index contributed by atoms with van der Waals surface area (Å²) in [6.45, 7) is 5.40. The third kappa shape index (κ3) is 3.92. The van der Waals surface area contributed by atoms with Crippen LogP contribution >= 0.6 is 0 Å². The van der Waals surface area contributed by atoms with Crippen LogP contribution in [0.2, 0.25) is 0 Å². The molecule has 0 saturated heterocycles. The average molecular weight is 299 g/mol. The van der Waals surface area contributed by atoms with Gasteiger partial charge in [0.15, 0.2) is 0 Å². The molecule has 1 atom stereocenters. The van der Waals surface area contributed by atoms with Gasteiger partial charge in [0, 0.05) is 6.20 Å². The van der Waals surface area contributed by atoms with Crippen molar-refractivity contribution in [3.8, 4) is 0 Å². The molecule has 0 bridgehead atoms. The highest BCUT2D eigenvalue weighted by molar-refractivity contribution is 5.72. The van der Waals surface area contributed by atoms with Crippen molar-refractivity contribution in [2.75, 3.05) is 0 Å². The van der Waals surface area contributed by atoms with E-state index in [2.05, 4.69) is 4.98 Å². The monoisotopic (exact) mass is 299 g/mol. The first-order chi connectivity index (χ1) is 10.3. The van der Waals surface area contributed by atoms with E-state index in [1.165, 1.54) is 0 Å². The van der Waals surface area contributed by atoms with Gasteiger partial charge in [0.2, 0.25) is 0 Å². The Morgan fingerprint density at radius 1 is 1.09 bits per heavy atom. The number of hydrogen-bond donors (Lipinski definition) is 1. The maximum atomic E-state index is 12.2. The zero-order valence-electron chi connectivity index (χ0n) is 13.1. The minimum absolute atomic E-state index is 0.189. The molecule has 1 heterocycles. The predicted octanol–water partition coefficient (Wildman–Crippen LogP) is 3.05. The molecule has 0 saturated carbocycles. The topological polar surface area (TPSA) is 59.4 Å². The van der Waals surface area contributed by atoms with Crippen molar-refractivity contribution in [1.29, 1.82) is 0 Å². The van der Waals surface area contributed by atoms with Crippen molar-refractivity contribution >= 4 is 5.97 Å². The third-order valence-electron chi connectivity index (χ3n) is 3.16. The molecule has 4 heteroatoms. The lowest BCUT2D eigenvalue weighted by Crippen LogP contribution is -2.34. The van der Waals surface area contributed by atoms with Crippen LogP contribution in [0.25, 0.3) is 0 Å². The number of nitrogens with zero attached hydrogens (tertiary/aromatic N) is 1. The number of pyridine rings is 1. The van der Waals surface area contributed by atoms with Gasteiger partial charge in [0.25, 0.3) is 0 Å². The van der Waals surface area contributed by atoms with Crippen LogP contribution in [0.3, 0.4) is 0 Å². The Bertz CT molecular complexity index is 578. The van der Waals surface area contributed by atoms with Crippen LogP contribution in [0, 0.1) is 0 Å². The van der Waals surface area contributed by atoms with E-state index in [4.69, 9.17) is 4.74 Å². The van der Waals surface area contributed by atoms with Crippen LogP contribution in [0.5, 0.6) is 0 Å². The molecule has 0 spiro atoms. The van der Waals surface area contributed by atoms with Gasteiger partial charge in [-0.2, -0.15) is 0 Å². The Labute approximate surface area is 130 Å². The molecule has 2 rings (SSSR count). The first-order valence-electron chi connectivity index (χ1n) is 7.22.